The van der Waals surface area contributed by atoms with E-state index in [4.69, 9.17) is 10.5 Å². The van der Waals surface area contributed by atoms with E-state index in [2.05, 4.69) is 14.3 Å². The van der Waals surface area contributed by atoms with Gasteiger partial charge in [0.1, 0.15) is 11.4 Å². The average Bonchev–Trinajstić information content (AvgIpc) is 3.00. The van der Waals surface area contributed by atoms with Crippen LogP contribution in [0.2, 0.25) is 0 Å². The number of rotatable bonds is 4. The largest absolute Gasteiger partial charge is 0.378 e. The molecule has 3 rings (SSSR count). The maximum atomic E-state index is 13.0. The van der Waals surface area contributed by atoms with Gasteiger partial charge in [-0.05, 0) is 13.8 Å². The summed E-state index contributed by atoms with van der Waals surface area (Å²) in [5, 5.41) is 0.933. The number of hydrogen-bond acceptors (Lipinski definition) is 7. The molecule has 2 aliphatic rings. The molecule has 1 amide bonds. The number of carbonyl (C=O) groups is 1. The number of hydrogen-bond donors (Lipinski definition) is 1. The summed E-state index contributed by atoms with van der Waals surface area (Å²) < 4.78 is 9.96. The van der Waals surface area contributed by atoms with Gasteiger partial charge in [0.25, 0.3) is 0 Å². The maximum absolute atomic E-state index is 13.0. The number of aromatic nitrogens is 2. The third kappa shape index (κ3) is 3.80. The Bertz CT molecular complexity index is 622. The van der Waals surface area contributed by atoms with Crippen LogP contribution in [-0.4, -0.2) is 64.6 Å². The second-order valence-corrected chi connectivity index (χ2v) is 7.97. The number of ether oxygens (including phenoxy) is 1. The first-order valence-corrected chi connectivity index (χ1v) is 9.32. The number of carbonyl (C=O) groups excluding carboxylic acids is 1. The molecule has 1 aliphatic heterocycles. The van der Waals surface area contributed by atoms with Gasteiger partial charge in [0.15, 0.2) is 0 Å². The molecule has 2 atom stereocenters. The number of halogens is 2. The highest BCUT2D eigenvalue weighted by Gasteiger charge is 2.63. The van der Waals surface area contributed by atoms with Crippen molar-refractivity contribution in [3.63, 3.8) is 0 Å². The van der Waals surface area contributed by atoms with Crippen LogP contribution in [-0.2, 0) is 9.53 Å². The van der Waals surface area contributed by atoms with Crippen LogP contribution in [0.15, 0.2) is 0 Å². The Balaban J connectivity index is 0.00000169. The summed E-state index contributed by atoms with van der Waals surface area (Å²) in [5.41, 5.74) is 5.35. The number of amides is 1. The van der Waals surface area contributed by atoms with Crippen molar-refractivity contribution in [1.82, 2.24) is 14.3 Å². The van der Waals surface area contributed by atoms with Gasteiger partial charge in [0, 0.05) is 56.2 Å². The summed E-state index contributed by atoms with van der Waals surface area (Å²) in [6, 6.07) is 0. The molecule has 1 aromatic heterocycles. The Labute approximate surface area is 171 Å². The quantitative estimate of drug-likeness (QED) is 0.792. The minimum atomic E-state index is -0.825. The molecule has 26 heavy (non-hydrogen) atoms. The highest BCUT2D eigenvalue weighted by molar-refractivity contribution is 7.09. The van der Waals surface area contributed by atoms with E-state index in [1.54, 1.807) is 0 Å². The highest BCUT2D eigenvalue weighted by atomic mass is 35.5. The van der Waals surface area contributed by atoms with Crippen molar-refractivity contribution in [1.29, 1.82) is 0 Å². The molecule has 0 bridgehead atoms. The molecule has 0 spiro atoms. The molecule has 7 nitrogen and oxygen atoms in total. The third-order valence-corrected chi connectivity index (χ3v) is 6.43. The lowest BCUT2D eigenvalue weighted by Crippen LogP contribution is -2.76. The number of nitrogens with two attached hydrogens (primary N) is 1. The molecular weight excluding hydrogens is 397 g/mol. The lowest BCUT2D eigenvalue weighted by molar-refractivity contribution is -0.179. The standard InChI is InChI=1S/C16H27N5O2S.2ClH/c1-5-23-12-10-16(17,15(12,3)4)13(22)20-6-8-21(9-7-20)14-18-11(2)19-24-14;;/h12H,5-10,17H2,1-4H3;2*1H. The molecule has 0 aromatic carbocycles. The first-order valence-electron chi connectivity index (χ1n) is 8.54. The summed E-state index contributed by atoms with van der Waals surface area (Å²) in [4.78, 5) is 21.5. The van der Waals surface area contributed by atoms with Crippen LogP contribution in [0, 0.1) is 12.3 Å². The van der Waals surface area contributed by atoms with Crippen LogP contribution < -0.4 is 10.6 Å². The highest BCUT2D eigenvalue weighted by Crippen LogP contribution is 2.50. The van der Waals surface area contributed by atoms with Gasteiger partial charge in [-0.1, -0.05) is 13.8 Å². The van der Waals surface area contributed by atoms with E-state index in [9.17, 15) is 4.79 Å². The van der Waals surface area contributed by atoms with E-state index in [-0.39, 0.29) is 42.2 Å². The minimum absolute atomic E-state index is 0. The summed E-state index contributed by atoms with van der Waals surface area (Å²) >= 11 is 1.41. The Morgan fingerprint density at radius 1 is 1.31 bits per heavy atom. The Morgan fingerprint density at radius 2 is 1.92 bits per heavy atom. The predicted octanol–water partition coefficient (Wildman–Crippen LogP) is 1.87. The molecule has 1 saturated heterocycles. The van der Waals surface area contributed by atoms with Crippen molar-refractivity contribution in [3.8, 4) is 0 Å². The monoisotopic (exact) mass is 425 g/mol. The minimum Gasteiger partial charge on any atom is -0.378 e. The Morgan fingerprint density at radius 3 is 2.38 bits per heavy atom. The number of aryl methyl sites for hydroxylation is 1. The van der Waals surface area contributed by atoms with Crippen LogP contribution in [0.1, 0.15) is 33.0 Å². The summed E-state index contributed by atoms with van der Waals surface area (Å²) in [5.74, 6) is 0.851. The SMILES string of the molecule is CCOC1CC(N)(C(=O)N2CCN(c3nc(C)ns3)CC2)C1(C)C.Cl.Cl. The maximum Gasteiger partial charge on any atom is 0.243 e. The first kappa shape index (κ1) is 23.4. The van der Waals surface area contributed by atoms with Gasteiger partial charge < -0.3 is 20.3 Å². The lowest BCUT2D eigenvalue weighted by Gasteiger charge is -2.59. The van der Waals surface area contributed by atoms with Crippen LogP contribution in [0.4, 0.5) is 5.13 Å². The van der Waals surface area contributed by atoms with Gasteiger partial charge in [0.2, 0.25) is 11.0 Å². The van der Waals surface area contributed by atoms with E-state index in [1.165, 1.54) is 11.5 Å². The van der Waals surface area contributed by atoms with Gasteiger partial charge in [-0.25, -0.2) is 4.98 Å². The van der Waals surface area contributed by atoms with Crippen molar-refractivity contribution in [3.05, 3.63) is 5.82 Å². The molecule has 1 aliphatic carbocycles. The van der Waals surface area contributed by atoms with E-state index in [0.717, 1.165) is 24.0 Å². The lowest BCUT2D eigenvalue weighted by atomic mass is 9.54. The van der Waals surface area contributed by atoms with Crippen molar-refractivity contribution in [2.24, 2.45) is 11.1 Å². The van der Waals surface area contributed by atoms with Gasteiger partial charge in [-0.2, -0.15) is 4.37 Å². The van der Waals surface area contributed by atoms with E-state index in [1.807, 2.05) is 32.6 Å². The van der Waals surface area contributed by atoms with E-state index in [0.29, 0.717) is 26.1 Å². The molecule has 1 saturated carbocycles. The molecular formula is C16H29Cl2N5O2S. The van der Waals surface area contributed by atoms with Gasteiger partial charge >= 0.3 is 0 Å². The number of nitrogens with zero attached hydrogens (tertiary/aromatic N) is 4. The van der Waals surface area contributed by atoms with Crippen molar-refractivity contribution >= 4 is 47.4 Å². The zero-order chi connectivity index (χ0) is 17.5. The second kappa shape index (κ2) is 8.56. The topological polar surface area (TPSA) is 84.6 Å². The van der Waals surface area contributed by atoms with Crippen molar-refractivity contribution in [2.45, 2.75) is 45.8 Å². The van der Waals surface area contributed by atoms with Crippen molar-refractivity contribution < 1.29 is 9.53 Å². The van der Waals surface area contributed by atoms with Gasteiger partial charge in [-0.15, -0.1) is 24.8 Å². The smallest absolute Gasteiger partial charge is 0.243 e. The zero-order valence-electron chi connectivity index (χ0n) is 15.7. The number of piperazine rings is 1. The molecule has 10 heteroatoms. The number of anilines is 1. The Hall–Kier alpha value is -0.670. The van der Waals surface area contributed by atoms with Crippen LogP contribution >= 0.6 is 36.3 Å². The van der Waals surface area contributed by atoms with Crippen LogP contribution in [0.3, 0.4) is 0 Å². The first-order chi connectivity index (χ1) is 11.3. The van der Waals surface area contributed by atoms with Gasteiger partial charge in [0.05, 0.1) is 6.10 Å². The summed E-state index contributed by atoms with van der Waals surface area (Å²) in [6.45, 7) is 11.5. The molecule has 2 N–H and O–H groups in total. The third-order valence-electron chi connectivity index (χ3n) is 5.57. The molecule has 150 valence electrons. The molecule has 2 heterocycles. The normalized spacial score (nSPS) is 27.2. The average molecular weight is 426 g/mol. The fraction of sp³-hybridized carbons (Fsp3) is 0.812. The van der Waals surface area contributed by atoms with E-state index >= 15 is 0 Å². The Kier molecular flexibility index (Phi) is 7.69. The zero-order valence-corrected chi connectivity index (χ0v) is 18.2. The fourth-order valence-electron chi connectivity index (χ4n) is 3.60. The molecule has 1 aromatic rings. The van der Waals surface area contributed by atoms with Crippen LogP contribution in [0.25, 0.3) is 0 Å². The van der Waals surface area contributed by atoms with Crippen molar-refractivity contribution in [2.75, 3.05) is 37.7 Å². The summed E-state index contributed by atoms with van der Waals surface area (Å²) in [6.07, 6.45) is 0.657. The fourth-order valence-corrected chi connectivity index (χ4v) is 4.32. The molecule has 0 radical (unpaired) electrons. The van der Waals surface area contributed by atoms with Gasteiger partial charge in [-0.3, -0.25) is 4.79 Å². The van der Waals surface area contributed by atoms with Crippen LogP contribution in [0.5, 0.6) is 0 Å². The van der Waals surface area contributed by atoms with E-state index < -0.39 is 5.54 Å². The second-order valence-electron chi connectivity index (χ2n) is 7.24. The summed E-state index contributed by atoms with van der Waals surface area (Å²) in [7, 11) is 0. The molecule has 2 unspecified atom stereocenters. The predicted molar refractivity (Wildman–Crippen MR) is 109 cm³/mol. The molecule has 2 fully saturated rings.